The standard InChI is InChI=1S/C18H18N4O3S/c1-2-24-14-7-5-13(6-8-14)19-18(23)22-10-12(11-22)17-20-16(21-25-17)15-4-3-9-26-15/h3-9,12H,2,10-11H2,1H3,(H,19,23). The van der Waals surface area contributed by atoms with E-state index < -0.39 is 0 Å². The molecular weight excluding hydrogens is 352 g/mol. The normalized spacial score (nSPS) is 14.1. The van der Waals surface area contributed by atoms with Crippen LogP contribution in [0.2, 0.25) is 0 Å². The van der Waals surface area contributed by atoms with E-state index in [1.807, 2.05) is 48.7 Å². The summed E-state index contributed by atoms with van der Waals surface area (Å²) in [6.45, 7) is 3.68. The van der Waals surface area contributed by atoms with Gasteiger partial charge in [0.15, 0.2) is 0 Å². The van der Waals surface area contributed by atoms with Gasteiger partial charge < -0.3 is 19.5 Å². The third-order valence-corrected chi connectivity index (χ3v) is 4.98. The fraction of sp³-hybridized carbons (Fsp3) is 0.278. The number of benzene rings is 1. The molecule has 0 saturated carbocycles. The topological polar surface area (TPSA) is 80.5 Å². The van der Waals surface area contributed by atoms with Crippen LogP contribution in [0.25, 0.3) is 10.7 Å². The van der Waals surface area contributed by atoms with Gasteiger partial charge >= 0.3 is 6.03 Å². The first-order valence-corrected chi connectivity index (χ1v) is 9.27. The van der Waals surface area contributed by atoms with E-state index in [-0.39, 0.29) is 11.9 Å². The van der Waals surface area contributed by atoms with Crippen LogP contribution in [0.15, 0.2) is 46.3 Å². The quantitative estimate of drug-likeness (QED) is 0.738. The van der Waals surface area contributed by atoms with Crippen molar-refractivity contribution < 1.29 is 14.1 Å². The number of aromatic nitrogens is 2. The molecule has 26 heavy (non-hydrogen) atoms. The monoisotopic (exact) mass is 370 g/mol. The average molecular weight is 370 g/mol. The van der Waals surface area contributed by atoms with Gasteiger partial charge in [-0.15, -0.1) is 11.3 Å². The van der Waals surface area contributed by atoms with Gasteiger partial charge in [-0.2, -0.15) is 4.98 Å². The number of ether oxygens (including phenoxy) is 1. The number of carbonyl (C=O) groups excluding carboxylic acids is 1. The van der Waals surface area contributed by atoms with Crippen LogP contribution >= 0.6 is 11.3 Å². The lowest BCUT2D eigenvalue weighted by atomic mass is 10.0. The molecule has 1 saturated heterocycles. The number of hydrogen-bond donors (Lipinski definition) is 1. The van der Waals surface area contributed by atoms with Gasteiger partial charge in [-0.3, -0.25) is 0 Å². The van der Waals surface area contributed by atoms with Crippen LogP contribution in [0.3, 0.4) is 0 Å². The zero-order valence-corrected chi connectivity index (χ0v) is 15.0. The SMILES string of the molecule is CCOc1ccc(NC(=O)N2CC(c3nc(-c4cccs4)no3)C2)cc1. The smallest absolute Gasteiger partial charge is 0.321 e. The Morgan fingerprint density at radius 2 is 2.15 bits per heavy atom. The van der Waals surface area contributed by atoms with Crippen molar-refractivity contribution in [3.05, 3.63) is 47.7 Å². The van der Waals surface area contributed by atoms with E-state index >= 15 is 0 Å². The summed E-state index contributed by atoms with van der Waals surface area (Å²) in [4.78, 5) is 19.4. The van der Waals surface area contributed by atoms with Crippen LogP contribution < -0.4 is 10.1 Å². The van der Waals surface area contributed by atoms with Crippen LogP contribution in [0.1, 0.15) is 18.7 Å². The average Bonchev–Trinajstić information content (AvgIpc) is 3.27. The number of nitrogens with one attached hydrogen (secondary N) is 1. The van der Waals surface area contributed by atoms with Gasteiger partial charge in [-0.05, 0) is 42.6 Å². The van der Waals surface area contributed by atoms with Gasteiger partial charge in [0.1, 0.15) is 5.75 Å². The van der Waals surface area contributed by atoms with E-state index in [2.05, 4.69) is 15.5 Å². The molecule has 1 aliphatic heterocycles. The van der Waals surface area contributed by atoms with Crippen molar-refractivity contribution in [1.29, 1.82) is 0 Å². The summed E-state index contributed by atoms with van der Waals surface area (Å²) in [6, 6.07) is 11.1. The largest absolute Gasteiger partial charge is 0.494 e. The second kappa shape index (κ2) is 7.17. The van der Waals surface area contributed by atoms with E-state index in [0.29, 0.717) is 31.4 Å². The van der Waals surface area contributed by atoms with Crippen LogP contribution in [0.5, 0.6) is 5.75 Å². The first-order chi connectivity index (χ1) is 12.7. The summed E-state index contributed by atoms with van der Waals surface area (Å²) >= 11 is 1.57. The molecule has 1 N–H and O–H groups in total. The van der Waals surface area contributed by atoms with Gasteiger partial charge in [0.25, 0.3) is 0 Å². The van der Waals surface area contributed by atoms with Crippen molar-refractivity contribution in [3.63, 3.8) is 0 Å². The van der Waals surface area contributed by atoms with Crippen LogP contribution in [0.4, 0.5) is 10.5 Å². The first-order valence-electron chi connectivity index (χ1n) is 8.39. The Morgan fingerprint density at radius 1 is 1.35 bits per heavy atom. The first kappa shape index (κ1) is 16.6. The number of urea groups is 1. The number of carbonyl (C=O) groups is 1. The summed E-state index contributed by atoms with van der Waals surface area (Å²) in [7, 11) is 0. The van der Waals surface area contributed by atoms with Crippen molar-refractivity contribution in [1.82, 2.24) is 15.0 Å². The predicted octanol–water partition coefficient (Wildman–Crippen LogP) is 3.83. The molecule has 0 spiro atoms. The lowest BCUT2D eigenvalue weighted by Crippen LogP contribution is -2.50. The van der Waals surface area contributed by atoms with Crippen molar-refractivity contribution in [2.24, 2.45) is 0 Å². The molecule has 1 fully saturated rings. The van der Waals surface area contributed by atoms with Gasteiger partial charge in [0.2, 0.25) is 11.7 Å². The number of likely N-dealkylation sites (tertiary alicyclic amines) is 1. The molecule has 8 heteroatoms. The molecule has 3 aromatic rings. The van der Waals surface area contributed by atoms with E-state index in [4.69, 9.17) is 9.26 Å². The number of amides is 2. The fourth-order valence-corrected chi connectivity index (χ4v) is 3.36. The Labute approximate surface area is 154 Å². The molecule has 0 aliphatic carbocycles. The Bertz CT molecular complexity index is 870. The van der Waals surface area contributed by atoms with Crippen molar-refractivity contribution in [3.8, 4) is 16.5 Å². The maximum atomic E-state index is 12.3. The molecule has 1 aliphatic rings. The Balaban J connectivity index is 1.31. The summed E-state index contributed by atoms with van der Waals surface area (Å²) in [5, 5.41) is 8.87. The number of nitrogens with zero attached hydrogens (tertiary/aromatic N) is 3. The second-order valence-electron chi connectivity index (χ2n) is 5.92. The van der Waals surface area contributed by atoms with E-state index in [1.165, 1.54) is 0 Å². The summed E-state index contributed by atoms with van der Waals surface area (Å²) < 4.78 is 10.7. The van der Waals surface area contributed by atoms with Crippen LogP contribution in [-0.4, -0.2) is 40.8 Å². The van der Waals surface area contributed by atoms with E-state index in [9.17, 15) is 4.79 Å². The van der Waals surface area contributed by atoms with Gasteiger partial charge in [0.05, 0.1) is 17.4 Å². The molecule has 7 nitrogen and oxygen atoms in total. The highest BCUT2D eigenvalue weighted by Gasteiger charge is 2.35. The maximum Gasteiger partial charge on any atom is 0.321 e. The lowest BCUT2D eigenvalue weighted by Gasteiger charge is -2.36. The second-order valence-corrected chi connectivity index (χ2v) is 6.87. The minimum absolute atomic E-state index is 0.0855. The van der Waals surface area contributed by atoms with Crippen molar-refractivity contribution >= 4 is 23.1 Å². The number of thiophene rings is 1. The molecular formula is C18H18N4O3S. The molecule has 4 rings (SSSR count). The predicted molar refractivity (Wildman–Crippen MR) is 98.6 cm³/mol. The summed E-state index contributed by atoms with van der Waals surface area (Å²) in [5.74, 6) is 2.06. The van der Waals surface area contributed by atoms with E-state index in [1.54, 1.807) is 16.2 Å². The Hall–Kier alpha value is -2.87. The number of anilines is 1. The van der Waals surface area contributed by atoms with Crippen molar-refractivity contribution in [2.45, 2.75) is 12.8 Å². The zero-order valence-electron chi connectivity index (χ0n) is 14.2. The molecule has 2 aromatic heterocycles. The molecule has 0 atom stereocenters. The fourth-order valence-electron chi connectivity index (χ4n) is 2.71. The van der Waals surface area contributed by atoms with Gasteiger partial charge in [-0.1, -0.05) is 11.2 Å². The van der Waals surface area contributed by atoms with Gasteiger partial charge in [0, 0.05) is 18.8 Å². The maximum absolute atomic E-state index is 12.3. The summed E-state index contributed by atoms with van der Waals surface area (Å²) in [5.41, 5.74) is 0.736. The van der Waals surface area contributed by atoms with Gasteiger partial charge in [-0.25, -0.2) is 4.79 Å². The Kier molecular flexibility index (Phi) is 4.57. The van der Waals surface area contributed by atoms with Crippen LogP contribution in [-0.2, 0) is 0 Å². The number of rotatable bonds is 5. The third kappa shape index (κ3) is 3.41. The molecule has 134 valence electrons. The highest BCUT2D eigenvalue weighted by molar-refractivity contribution is 7.13. The highest BCUT2D eigenvalue weighted by Crippen LogP contribution is 2.29. The lowest BCUT2D eigenvalue weighted by molar-refractivity contribution is 0.147. The van der Waals surface area contributed by atoms with Crippen molar-refractivity contribution in [2.75, 3.05) is 25.0 Å². The molecule has 3 heterocycles. The molecule has 0 radical (unpaired) electrons. The highest BCUT2D eigenvalue weighted by atomic mass is 32.1. The number of hydrogen-bond acceptors (Lipinski definition) is 6. The molecule has 2 amide bonds. The third-order valence-electron chi connectivity index (χ3n) is 4.12. The minimum atomic E-state index is -0.136. The van der Waals surface area contributed by atoms with Crippen LogP contribution in [0, 0.1) is 0 Å². The molecule has 0 bridgehead atoms. The Morgan fingerprint density at radius 3 is 2.85 bits per heavy atom. The van der Waals surface area contributed by atoms with E-state index in [0.717, 1.165) is 16.3 Å². The summed E-state index contributed by atoms with van der Waals surface area (Å²) in [6.07, 6.45) is 0. The molecule has 1 aromatic carbocycles. The minimum Gasteiger partial charge on any atom is -0.494 e. The zero-order chi connectivity index (χ0) is 17.9. The molecule has 0 unspecified atom stereocenters.